The fourth-order valence-corrected chi connectivity index (χ4v) is 3.85. The molecule has 1 N–H and O–H groups in total. The number of carbonyl (C=O) groups excluding carboxylic acids is 1. The Balaban J connectivity index is 2.36. The van der Waals surface area contributed by atoms with Gasteiger partial charge in [-0.25, -0.2) is 0 Å². The molecule has 172 valence electrons. The molecule has 0 unspecified atom stereocenters. The Morgan fingerprint density at radius 3 is 2.19 bits per heavy atom. The number of carbonyl (C=O) groups is 1. The maximum Gasteiger partial charge on any atom is 0.471 e. The van der Waals surface area contributed by atoms with Gasteiger partial charge in [0.25, 0.3) is 0 Å². The molecule has 0 radical (unpaired) electrons. The first-order valence-corrected chi connectivity index (χ1v) is 9.58. The van der Waals surface area contributed by atoms with Gasteiger partial charge >= 0.3 is 12.1 Å². The molecule has 0 spiro atoms. The van der Waals surface area contributed by atoms with Crippen LogP contribution < -0.4 is 29.7 Å². The summed E-state index contributed by atoms with van der Waals surface area (Å²) in [7, 11) is 5.59. The summed E-state index contributed by atoms with van der Waals surface area (Å²) in [5, 5.41) is 2.04. The molecule has 2 aromatic rings. The Kier molecular flexibility index (Phi) is 6.52. The van der Waals surface area contributed by atoms with Gasteiger partial charge in [-0.05, 0) is 53.8 Å². The number of benzene rings is 1. The average molecular weight is 453 g/mol. The first kappa shape index (κ1) is 23.2. The predicted octanol–water partition coefficient (Wildman–Crippen LogP) is 3.41. The van der Waals surface area contributed by atoms with Gasteiger partial charge in [0, 0.05) is 5.56 Å². The van der Waals surface area contributed by atoms with Gasteiger partial charge in [0.05, 0.1) is 34.5 Å². The molecule has 1 aliphatic carbocycles. The second-order valence-corrected chi connectivity index (χ2v) is 7.02. The number of ether oxygens (including phenoxy) is 4. The molecule has 0 saturated heterocycles. The molecule has 3 rings (SSSR count). The van der Waals surface area contributed by atoms with Gasteiger partial charge in [0.2, 0.25) is 11.2 Å². The van der Waals surface area contributed by atoms with E-state index in [9.17, 15) is 22.8 Å². The summed E-state index contributed by atoms with van der Waals surface area (Å²) in [5.41, 5.74) is 1.44. The summed E-state index contributed by atoms with van der Waals surface area (Å²) in [6.07, 6.45) is -4.64. The lowest BCUT2D eigenvalue weighted by atomic mass is 9.95. The second-order valence-electron chi connectivity index (χ2n) is 7.02. The van der Waals surface area contributed by atoms with E-state index in [2.05, 4.69) is 0 Å². The van der Waals surface area contributed by atoms with Gasteiger partial charge in [-0.15, -0.1) is 0 Å². The Labute approximate surface area is 182 Å². The number of hydrogen-bond donors (Lipinski definition) is 1. The topological polar surface area (TPSA) is 83.1 Å². The minimum absolute atomic E-state index is 0.0691. The molecule has 10 heteroatoms. The molecule has 1 atom stereocenters. The number of halogens is 3. The number of methoxy groups -OCH3 is 4. The number of hydrogen-bond acceptors (Lipinski definition) is 6. The number of aryl methyl sites for hydroxylation is 1. The summed E-state index contributed by atoms with van der Waals surface area (Å²) in [5.74, 6) is -1.18. The molecule has 0 bridgehead atoms. The van der Waals surface area contributed by atoms with Crippen molar-refractivity contribution in [2.75, 3.05) is 28.4 Å². The highest BCUT2D eigenvalue weighted by Crippen LogP contribution is 2.50. The summed E-state index contributed by atoms with van der Waals surface area (Å²) in [6, 6.07) is 4.74. The van der Waals surface area contributed by atoms with Crippen molar-refractivity contribution in [2.45, 2.75) is 25.1 Å². The van der Waals surface area contributed by atoms with Crippen LogP contribution in [0.2, 0.25) is 0 Å². The molecule has 0 saturated carbocycles. The van der Waals surface area contributed by atoms with Crippen LogP contribution in [0.1, 0.15) is 23.6 Å². The highest BCUT2D eigenvalue weighted by molar-refractivity contribution is 5.85. The normalized spacial score (nSPS) is 15.0. The van der Waals surface area contributed by atoms with Gasteiger partial charge < -0.3 is 24.3 Å². The van der Waals surface area contributed by atoms with Crippen molar-refractivity contribution in [1.29, 1.82) is 0 Å². The highest BCUT2D eigenvalue weighted by atomic mass is 19.4. The molecular weight excluding hydrogens is 431 g/mol. The van der Waals surface area contributed by atoms with Crippen LogP contribution >= 0.6 is 0 Å². The van der Waals surface area contributed by atoms with E-state index in [0.29, 0.717) is 40.4 Å². The van der Waals surface area contributed by atoms with Crippen molar-refractivity contribution in [2.24, 2.45) is 0 Å². The lowest BCUT2D eigenvalue weighted by Crippen LogP contribution is -2.39. The van der Waals surface area contributed by atoms with Crippen LogP contribution in [0.5, 0.6) is 23.0 Å². The SMILES string of the molecule is COc1cc2c(c(OC)c1OC)-c1ccc(=O)c(OC)cc1[C@H](NC(=O)C(F)(F)F)CC2. The van der Waals surface area contributed by atoms with E-state index in [-0.39, 0.29) is 17.7 Å². The van der Waals surface area contributed by atoms with E-state index in [0.717, 1.165) is 0 Å². The summed E-state index contributed by atoms with van der Waals surface area (Å²) in [6.45, 7) is 0. The molecule has 7 nitrogen and oxygen atoms in total. The third-order valence-electron chi connectivity index (χ3n) is 5.28. The minimum atomic E-state index is -5.06. The quantitative estimate of drug-likeness (QED) is 0.747. The Bertz CT molecular complexity index is 1100. The van der Waals surface area contributed by atoms with Crippen molar-refractivity contribution < 1.29 is 36.9 Å². The first-order chi connectivity index (χ1) is 15.2. The van der Waals surface area contributed by atoms with E-state index < -0.39 is 23.6 Å². The van der Waals surface area contributed by atoms with Crippen LogP contribution in [0.15, 0.2) is 29.1 Å². The van der Waals surface area contributed by atoms with Gasteiger partial charge in [-0.2, -0.15) is 13.2 Å². The van der Waals surface area contributed by atoms with Crippen molar-refractivity contribution in [3.63, 3.8) is 0 Å². The first-order valence-electron chi connectivity index (χ1n) is 9.58. The molecule has 0 aromatic heterocycles. The number of alkyl halides is 3. The molecule has 0 aliphatic heterocycles. The number of nitrogens with one attached hydrogen (secondary N) is 1. The second kappa shape index (κ2) is 8.97. The Morgan fingerprint density at radius 1 is 0.969 bits per heavy atom. The van der Waals surface area contributed by atoms with Crippen LogP contribution in [-0.2, 0) is 11.2 Å². The van der Waals surface area contributed by atoms with Crippen molar-refractivity contribution in [1.82, 2.24) is 5.32 Å². The van der Waals surface area contributed by atoms with Crippen LogP contribution in [0.25, 0.3) is 11.1 Å². The standard InChI is InChI=1S/C22H22F3NO6/c1-29-16-10-13-12(6-8-15(16)27)18-11(5-7-14(13)26-21(28)22(23,24)25)9-17(30-2)19(31-3)20(18)32-4/h6,8-10,14H,5,7H2,1-4H3,(H,26,28)/t14-/m1/s1. The van der Waals surface area contributed by atoms with Crippen LogP contribution in [0.3, 0.4) is 0 Å². The monoisotopic (exact) mass is 453 g/mol. The summed E-state index contributed by atoms with van der Waals surface area (Å²) >= 11 is 0. The molecular formula is C22H22F3NO6. The fraction of sp³-hybridized carbons (Fsp3) is 0.364. The number of fused-ring (bicyclic) bond motifs is 3. The highest BCUT2D eigenvalue weighted by Gasteiger charge is 2.41. The maximum absolute atomic E-state index is 13.0. The third-order valence-corrected chi connectivity index (χ3v) is 5.28. The zero-order chi connectivity index (χ0) is 23.6. The van der Waals surface area contributed by atoms with E-state index >= 15 is 0 Å². The summed E-state index contributed by atoms with van der Waals surface area (Å²) in [4.78, 5) is 24.2. The molecule has 0 heterocycles. The molecule has 2 aromatic carbocycles. The predicted molar refractivity (Wildman–Crippen MR) is 110 cm³/mol. The van der Waals surface area contributed by atoms with Crippen LogP contribution in [-0.4, -0.2) is 40.5 Å². The number of amides is 1. The van der Waals surface area contributed by atoms with Gasteiger partial charge in [0.15, 0.2) is 17.2 Å². The van der Waals surface area contributed by atoms with Crippen LogP contribution in [0.4, 0.5) is 13.2 Å². The third kappa shape index (κ3) is 4.17. The lowest BCUT2D eigenvalue weighted by Gasteiger charge is -2.20. The van der Waals surface area contributed by atoms with Crippen molar-refractivity contribution in [3.05, 3.63) is 45.6 Å². The van der Waals surface area contributed by atoms with E-state index in [1.54, 1.807) is 6.07 Å². The Hall–Kier alpha value is -3.43. The molecule has 1 aliphatic rings. The van der Waals surface area contributed by atoms with E-state index in [1.807, 2.05) is 5.32 Å². The molecule has 0 fully saturated rings. The lowest BCUT2D eigenvalue weighted by molar-refractivity contribution is -0.174. The Morgan fingerprint density at radius 2 is 1.62 bits per heavy atom. The molecule has 32 heavy (non-hydrogen) atoms. The summed E-state index contributed by atoms with van der Waals surface area (Å²) < 4.78 is 60.6. The fourth-order valence-electron chi connectivity index (χ4n) is 3.85. The van der Waals surface area contributed by atoms with Crippen molar-refractivity contribution in [3.8, 4) is 34.1 Å². The number of rotatable bonds is 5. The molecule has 1 amide bonds. The van der Waals surface area contributed by atoms with Gasteiger partial charge in [-0.1, -0.05) is 0 Å². The smallest absolute Gasteiger partial charge is 0.471 e. The van der Waals surface area contributed by atoms with Crippen molar-refractivity contribution >= 4 is 5.91 Å². The van der Waals surface area contributed by atoms with Gasteiger partial charge in [0.1, 0.15) is 0 Å². The van der Waals surface area contributed by atoms with Gasteiger partial charge in [-0.3, -0.25) is 9.59 Å². The maximum atomic E-state index is 13.0. The zero-order valence-electron chi connectivity index (χ0n) is 17.9. The zero-order valence-corrected chi connectivity index (χ0v) is 17.9. The van der Waals surface area contributed by atoms with Crippen LogP contribution in [0, 0.1) is 0 Å². The average Bonchev–Trinajstić information content (AvgIpc) is 3.01. The largest absolute Gasteiger partial charge is 0.493 e. The minimum Gasteiger partial charge on any atom is -0.493 e. The van der Waals surface area contributed by atoms with E-state index in [4.69, 9.17) is 18.9 Å². The van der Waals surface area contributed by atoms with E-state index in [1.165, 1.54) is 46.6 Å².